The zero-order valence-electron chi connectivity index (χ0n) is 37.3. The molecule has 0 aromatic heterocycles. The molecule has 0 N–H and O–H groups in total. The van der Waals surface area contributed by atoms with E-state index in [9.17, 15) is 0 Å². The van der Waals surface area contributed by atoms with Gasteiger partial charge in [-0.05, 0) is 114 Å². The number of hydrogen-bond donors (Lipinski definition) is 0. The maximum Gasteiger partial charge on any atom is 0.0719 e. The zero-order chi connectivity index (χ0) is 44.3. The molecule has 0 saturated heterocycles. The Hall–Kier alpha value is -8.00. The van der Waals surface area contributed by atoms with Crippen molar-refractivity contribution in [3.05, 3.63) is 316 Å². The fourth-order valence-corrected chi connectivity index (χ4v) is 11.8. The first-order valence-corrected chi connectivity index (χ1v) is 23.2. The molecule has 1 heteroatoms. The van der Waals surface area contributed by atoms with Crippen LogP contribution in [0.1, 0.15) is 69.5 Å². The Kier molecular flexibility index (Phi) is 9.36. The standard InChI is InChI=1S/C65H49N/c1-63(2)59-36-19-20-37-60(59)65(57-34-17-15-32-55(57)56-33-16-18-35-58(56)65)61-43-42-54(45-62(61)63)66(52-29-13-6-14-30-52)53-31-21-22-47(44-53)46-38-40-51(41-39-46)64(48-23-7-3-8-24-48,49-25-9-4-10-26-49)50-27-11-5-12-28-50/h3-45H,1-2H3. The van der Waals surface area contributed by atoms with Crippen LogP contribution in [0, 0.1) is 0 Å². The minimum absolute atomic E-state index is 0.264. The van der Waals surface area contributed by atoms with Gasteiger partial charge in [0.25, 0.3) is 0 Å². The Morgan fingerprint density at radius 1 is 0.288 bits per heavy atom. The van der Waals surface area contributed by atoms with Crippen molar-refractivity contribution in [2.45, 2.75) is 30.1 Å². The van der Waals surface area contributed by atoms with Crippen molar-refractivity contribution < 1.29 is 0 Å². The lowest BCUT2D eigenvalue weighted by Gasteiger charge is -2.47. The molecule has 0 unspecified atom stereocenters. The van der Waals surface area contributed by atoms with E-state index in [0.29, 0.717) is 0 Å². The Morgan fingerprint density at radius 2 is 0.712 bits per heavy atom. The SMILES string of the molecule is CC1(C)c2ccccc2C2(c3ccccc3-c3ccccc32)c2ccc(N(c3ccccc3)c3cccc(-c4ccc(C(c5ccccc5)(c5ccccc5)c5ccccc5)cc4)c3)cc21. The van der Waals surface area contributed by atoms with Crippen molar-refractivity contribution in [1.82, 2.24) is 0 Å². The van der Waals surface area contributed by atoms with Crippen LogP contribution < -0.4 is 4.90 Å². The number of para-hydroxylation sites is 1. The molecule has 0 saturated carbocycles. The lowest BCUT2D eigenvalue weighted by Crippen LogP contribution is -2.40. The van der Waals surface area contributed by atoms with Crippen molar-refractivity contribution in [2.24, 2.45) is 0 Å². The lowest BCUT2D eigenvalue weighted by atomic mass is 9.55. The number of benzene rings is 10. The minimum Gasteiger partial charge on any atom is -0.310 e. The van der Waals surface area contributed by atoms with Gasteiger partial charge in [-0.3, -0.25) is 0 Å². The van der Waals surface area contributed by atoms with Gasteiger partial charge in [0.2, 0.25) is 0 Å². The van der Waals surface area contributed by atoms with Crippen LogP contribution in [-0.2, 0) is 16.2 Å². The number of hydrogen-bond acceptors (Lipinski definition) is 1. The van der Waals surface area contributed by atoms with Crippen molar-refractivity contribution in [3.63, 3.8) is 0 Å². The summed E-state index contributed by atoms with van der Waals surface area (Å²) >= 11 is 0. The normalized spacial score (nSPS) is 13.8. The molecule has 0 amide bonds. The minimum atomic E-state index is -0.504. The molecule has 1 spiro atoms. The summed E-state index contributed by atoms with van der Waals surface area (Å²) in [7, 11) is 0. The van der Waals surface area contributed by atoms with Crippen LogP contribution in [-0.4, -0.2) is 0 Å². The summed E-state index contributed by atoms with van der Waals surface area (Å²) in [6.45, 7) is 4.82. The van der Waals surface area contributed by atoms with Crippen LogP contribution in [0.2, 0.25) is 0 Å². The van der Waals surface area contributed by atoms with Crippen LogP contribution in [0.4, 0.5) is 17.1 Å². The maximum absolute atomic E-state index is 2.49. The van der Waals surface area contributed by atoms with Gasteiger partial charge in [-0.2, -0.15) is 0 Å². The average molecular weight is 844 g/mol. The van der Waals surface area contributed by atoms with E-state index >= 15 is 0 Å². The summed E-state index contributed by atoms with van der Waals surface area (Å²) < 4.78 is 0. The Bertz CT molecular complexity index is 3230. The van der Waals surface area contributed by atoms with E-state index in [-0.39, 0.29) is 5.41 Å². The molecule has 0 bridgehead atoms. The van der Waals surface area contributed by atoms with Gasteiger partial charge in [0.15, 0.2) is 0 Å². The first-order chi connectivity index (χ1) is 32.5. The van der Waals surface area contributed by atoms with Gasteiger partial charge in [-0.15, -0.1) is 0 Å². The topological polar surface area (TPSA) is 3.24 Å². The predicted octanol–water partition coefficient (Wildman–Crippen LogP) is 16.2. The quantitative estimate of drug-likeness (QED) is 0.138. The maximum atomic E-state index is 2.49. The number of anilines is 3. The van der Waals surface area contributed by atoms with E-state index < -0.39 is 10.8 Å². The second kappa shape index (κ2) is 15.6. The van der Waals surface area contributed by atoms with Crippen LogP contribution in [0.25, 0.3) is 22.3 Å². The molecule has 2 aliphatic rings. The molecule has 0 fully saturated rings. The highest BCUT2D eigenvalue weighted by atomic mass is 15.1. The molecule has 2 aliphatic carbocycles. The third-order valence-electron chi connectivity index (χ3n) is 14.7. The largest absolute Gasteiger partial charge is 0.310 e. The summed E-state index contributed by atoms with van der Waals surface area (Å²) in [6, 6.07) is 96.6. The first kappa shape index (κ1) is 39.6. The van der Waals surface area contributed by atoms with Gasteiger partial charge >= 0.3 is 0 Å². The third-order valence-corrected chi connectivity index (χ3v) is 14.7. The van der Waals surface area contributed by atoms with E-state index in [1.807, 2.05) is 0 Å². The molecule has 10 aromatic carbocycles. The molecule has 0 aliphatic heterocycles. The van der Waals surface area contributed by atoms with E-state index in [2.05, 4.69) is 280 Å². The smallest absolute Gasteiger partial charge is 0.0719 e. The van der Waals surface area contributed by atoms with Gasteiger partial charge in [-0.1, -0.05) is 238 Å². The summed E-state index contributed by atoms with van der Waals surface area (Å²) in [5.74, 6) is 0. The van der Waals surface area contributed by atoms with Crippen LogP contribution in [0.5, 0.6) is 0 Å². The summed E-state index contributed by atoms with van der Waals surface area (Å²) in [5, 5.41) is 0. The molecule has 0 radical (unpaired) electrons. The van der Waals surface area contributed by atoms with Crippen molar-refractivity contribution in [1.29, 1.82) is 0 Å². The summed E-state index contributed by atoms with van der Waals surface area (Å²) in [4.78, 5) is 2.43. The monoisotopic (exact) mass is 843 g/mol. The molecular weight excluding hydrogens is 795 g/mol. The van der Waals surface area contributed by atoms with Crippen LogP contribution in [0.3, 0.4) is 0 Å². The molecule has 1 nitrogen and oxygen atoms in total. The second-order valence-electron chi connectivity index (χ2n) is 18.4. The molecule has 10 aromatic rings. The first-order valence-electron chi connectivity index (χ1n) is 23.2. The number of nitrogens with zero attached hydrogens (tertiary/aromatic N) is 1. The molecular formula is C65H49N. The highest BCUT2D eigenvalue weighted by molar-refractivity contribution is 5.89. The van der Waals surface area contributed by atoms with Gasteiger partial charge in [-0.25, -0.2) is 0 Å². The van der Waals surface area contributed by atoms with Crippen LogP contribution in [0.15, 0.2) is 261 Å². The Labute approximate surface area is 389 Å². The third kappa shape index (κ3) is 5.86. The molecule has 66 heavy (non-hydrogen) atoms. The molecule has 0 heterocycles. The molecule has 12 rings (SSSR count). The van der Waals surface area contributed by atoms with Gasteiger partial charge in [0.1, 0.15) is 0 Å². The summed E-state index contributed by atoms with van der Waals surface area (Å²) in [5.41, 5.74) is 20.2. The highest BCUT2D eigenvalue weighted by Gasteiger charge is 2.53. The van der Waals surface area contributed by atoms with Gasteiger partial charge in [0, 0.05) is 22.5 Å². The van der Waals surface area contributed by atoms with E-state index in [0.717, 1.165) is 22.6 Å². The summed E-state index contributed by atoms with van der Waals surface area (Å²) in [6.07, 6.45) is 0. The van der Waals surface area contributed by atoms with Gasteiger partial charge in [0.05, 0.1) is 10.8 Å². The van der Waals surface area contributed by atoms with E-state index in [4.69, 9.17) is 0 Å². The fraction of sp³-hybridized carbons (Fsp3) is 0.0769. The average Bonchev–Trinajstić information content (AvgIpc) is 3.68. The molecule has 314 valence electrons. The van der Waals surface area contributed by atoms with E-state index in [1.54, 1.807) is 0 Å². The Morgan fingerprint density at radius 3 is 1.27 bits per heavy atom. The fourth-order valence-electron chi connectivity index (χ4n) is 11.8. The highest BCUT2D eigenvalue weighted by Crippen LogP contribution is 2.62. The van der Waals surface area contributed by atoms with Crippen molar-refractivity contribution >= 4 is 17.1 Å². The Balaban J connectivity index is 1.00. The second-order valence-corrected chi connectivity index (χ2v) is 18.4. The molecule has 0 atom stereocenters. The van der Waals surface area contributed by atoms with Crippen molar-refractivity contribution in [3.8, 4) is 22.3 Å². The predicted molar refractivity (Wildman–Crippen MR) is 274 cm³/mol. The lowest BCUT2D eigenvalue weighted by molar-refractivity contribution is 0.563. The van der Waals surface area contributed by atoms with Crippen molar-refractivity contribution in [2.75, 3.05) is 4.90 Å². The van der Waals surface area contributed by atoms with Gasteiger partial charge < -0.3 is 4.90 Å². The number of fused-ring (bicyclic) bond motifs is 9. The van der Waals surface area contributed by atoms with Crippen LogP contribution >= 0.6 is 0 Å². The van der Waals surface area contributed by atoms with E-state index in [1.165, 1.54) is 72.3 Å². The number of rotatable bonds is 8. The zero-order valence-corrected chi connectivity index (χ0v) is 37.3.